The summed E-state index contributed by atoms with van der Waals surface area (Å²) in [6.07, 6.45) is 3.31. The quantitative estimate of drug-likeness (QED) is 0.620. The van der Waals surface area contributed by atoms with E-state index in [1.54, 1.807) is 25.4 Å². The standard InChI is InChI=1S/C11H11N3O2/c1-7-5-9(11-12-3-4-13-11)6-10(8(7)2)14(15)16/h3-6H,1-2H3,(H,12,13). The molecule has 0 radical (unpaired) electrons. The molecule has 0 aliphatic heterocycles. The van der Waals surface area contributed by atoms with Crippen molar-refractivity contribution >= 4 is 5.69 Å². The Morgan fingerprint density at radius 3 is 2.69 bits per heavy atom. The second kappa shape index (κ2) is 3.77. The topological polar surface area (TPSA) is 71.8 Å². The van der Waals surface area contributed by atoms with Crippen molar-refractivity contribution in [3.05, 3.63) is 45.8 Å². The number of hydrogen-bond acceptors (Lipinski definition) is 3. The molecule has 2 aromatic rings. The molecule has 0 bridgehead atoms. The smallest absolute Gasteiger partial charge is 0.273 e. The molecular weight excluding hydrogens is 206 g/mol. The average Bonchev–Trinajstić information content (AvgIpc) is 2.74. The number of nitrogens with zero attached hydrogens (tertiary/aromatic N) is 2. The summed E-state index contributed by atoms with van der Waals surface area (Å²) in [5.74, 6) is 0.645. The molecule has 82 valence electrons. The Morgan fingerprint density at radius 1 is 1.38 bits per heavy atom. The molecule has 2 rings (SSSR count). The van der Waals surface area contributed by atoms with Gasteiger partial charge in [0.1, 0.15) is 5.82 Å². The zero-order valence-corrected chi connectivity index (χ0v) is 9.02. The highest BCUT2D eigenvalue weighted by atomic mass is 16.6. The second-order valence-electron chi connectivity index (χ2n) is 3.63. The van der Waals surface area contributed by atoms with Gasteiger partial charge >= 0.3 is 0 Å². The highest BCUT2D eigenvalue weighted by Gasteiger charge is 2.15. The zero-order valence-electron chi connectivity index (χ0n) is 9.02. The average molecular weight is 217 g/mol. The van der Waals surface area contributed by atoms with Crippen LogP contribution in [0.3, 0.4) is 0 Å². The number of aromatic nitrogens is 2. The lowest BCUT2D eigenvalue weighted by molar-refractivity contribution is -0.385. The lowest BCUT2D eigenvalue weighted by Gasteiger charge is -2.04. The molecule has 1 aromatic heterocycles. The fraction of sp³-hybridized carbons (Fsp3) is 0.182. The van der Waals surface area contributed by atoms with Crippen molar-refractivity contribution in [2.24, 2.45) is 0 Å². The number of nitrogens with one attached hydrogen (secondary N) is 1. The molecule has 1 aromatic carbocycles. The molecular formula is C11H11N3O2. The summed E-state index contributed by atoms with van der Waals surface area (Å²) >= 11 is 0. The third-order valence-corrected chi connectivity index (χ3v) is 2.61. The van der Waals surface area contributed by atoms with E-state index in [0.29, 0.717) is 11.4 Å². The Labute approximate surface area is 92.3 Å². The maximum atomic E-state index is 10.9. The molecule has 0 saturated heterocycles. The number of benzene rings is 1. The second-order valence-corrected chi connectivity index (χ2v) is 3.63. The van der Waals surface area contributed by atoms with E-state index >= 15 is 0 Å². The Kier molecular flexibility index (Phi) is 2.44. The van der Waals surface area contributed by atoms with E-state index < -0.39 is 0 Å². The van der Waals surface area contributed by atoms with Crippen molar-refractivity contribution in [1.29, 1.82) is 0 Å². The van der Waals surface area contributed by atoms with Crippen LogP contribution in [0.15, 0.2) is 24.5 Å². The minimum absolute atomic E-state index is 0.131. The van der Waals surface area contributed by atoms with Crippen LogP contribution in [-0.2, 0) is 0 Å². The van der Waals surface area contributed by atoms with E-state index in [0.717, 1.165) is 11.1 Å². The van der Waals surface area contributed by atoms with Crippen LogP contribution in [0.5, 0.6) is 0 Å². The van der Waals surface area contributed by atoms with Crippen LogP contribution in [0.4, 0.5) is 5.69 Å². The van der Waals surface area contributed by atoms with Gasteiger partial charge in [0.15, 0.2) is 0 Å². The van der Waals surface area contributed by atoms with Gasteiger partial charge in [-0.3, -0.25) is 10.1 Å². The fourth-order valence-electron chi connectivity index (χ4n) is 1.59. The van der Waals surface area contributed by atoms with Gasteiger partial charge in [-0.1, -0.05) is 0 Å². The third-order valence-electron chi connectivity index (χ3n) is 2.61. The molecule has 0 amide bonds. The monoisotopic (exact) mass is 217 g/mol. The maximum absolute atomic E-state index is 10.9. The molecule has 5 heteroatoms. The summed E-state index contributed by atoms with van der Waals surface area (Å²) in [6.45, 7) is 3.61. The van der Waals surface area contributed by atoms with Crippen molar-refractivity contribution < 1.29 is 4.92 Å². The van der Waals surface area contributed by atoms with Crippen molar-refractivity contribution in [3.8, 4) is 11.4 Å². The fourth-order valence-corrected chi connectivity index (χ4v) is 1.59. The van der Waals surface area contributed by atoms with Crippen LogP contribution in [-0.4, -0.2) is 14.9 Å². The summed E-state index contributed by atoms with van der Waals surface area (Å²) in [5.41, 5.74) is 2.45. The Balaban J connectivity index is 2.62. The molecule has 0 saturated carbocycles. The van der Waals surface area contributed by atoms with Gasteiger partial charge in [0.05, 0.1) is 4.92 Å². The van der Waals surface area contributed by atoms with Gasteiger partial charge in [-0.2, -0.15) is 0 Å². The van der Waals surface area contributed by atoms with Crippen LogP contribution >= 0.6 is 0 Å². The van der Waals surface area contributed by atoms with Gasteiger partial charge < -0.3 is 4.98 Å². The maximum Gasteiger partial charge on any atom is 0.273 e. The molecule has 0 aliphatic carbocycles. The number of aromatic amines is 1. The predicted molar refractivity (Wildman–Crippen MR) is 60.2 cm³/mol. The van der Waals surface area contributed by atoms with Gasteiger partial charge in [-0.05, 0) is 25.5 Å². The Bertz CT molecular complexity index is 532. The van der Waals surface area contributed by atoms with E-state index in [1.165, 1.54) is 0 Å². The summed E-state index contributed by atoms with van der Waals surface area (Å²) < 4.78 is 0. The lowest BCUT2D eigenvalue weighted by Crippen LogP contribution is -1.95. The van der Waals surface area contributed by atoms with Crippen molar-refractivity contribution in [2.75, 3.05) is 0 Å². The molecule has 0 spiro atoms. The van der Waals surface area contributed by atoms with Crippen molar-refractivity contribution in [2.45, 2.75) is 13.8 Å². The Morgan fingerprint density at radius 2 is 2.12 bits per heavy atom. The molecule has 5 nitrogen and oxygen atoms in total. The predicted octanol–water partition coefficient (Wildman–Crippen LogP) is 2.60. The highest BCUT2D eigenvalue weighted by Crippen LogP contribution is 2.27. The SMILES string of the molecule is Cc1cc(-c2ncc[nH]2)cc([N+](=O)[O-])c1C. The molecule has 1 N–H and O–H groups in total. The van der Waals surface area contributed by atoms with E-state index in [1.807, 2.05) is 13.0 Å². The molecule has 0 fully saturated rings. The number of nitro groups is 1. The van der Waals surface area contributed by atoms with Gasteiger partial charge in [-0.15, -0.1) is 0 Å². The van der Waals surface area contributed by atoms with Crippen molar-refractivity contribution in [1.82, 2.24) is 9.97 Å². The van der Waals surface area contributed by atoms with Gasteiger partial charge in [0, 0.05) is 29.6 Å². The molecule has 16 heavy (non-hydrogen) atoms. The van der Waals surface area contributed by atoms with Crippen LogP contribution in [0.25, 0.3) is 11.4 Å². The summed E-state index contributed by atoms with van der Waals surface area (Å²) in [7, 11) is 0. The molecule has 0 aliphatic rings. The molecule has 1 heterocycles. The minimum Gasteiger partial charge on any atom is -0.345 e. The molecule has 0 unspecified atom stereocenters. The van der Waals surface area contributed by atoms with E-state index in [9.17, 15) is 10.1 Å². The van der Waals surface area contributed by atoms with Crippen LogP contribution in [0.2, 0.25) is 0 Å². The van der Waals surface area contributed by atoms with Gasteiger partial charge in [-0.25, -0.2) is 4.98 Å². The summed E-state index contributed by atoms with van der Waals surface area (Å²) in [6, 6.07) is 3.43. The normalized spacial score (nSPS) is 10.4. The summed E-state index contributed by atoms with van der Waals surface area (Å²) in [5, 5.41) is 10.9. The third kappa shape index (κ3) is 1.67. The van der Waals surface area contributed by atoms with E-state index in [2.05, 4.69) is 9.97 Å². The largest absolute Gasteiger partial charge is 0.345 e. The first-order chi connectivity index (χ1) is 7.59. The Hall–Kier alpha value is -2.17. The zero-order chi connectivity index (χ0) is 11.7. The number of aryl methyl sites for hydroxylation is 1. The van der Waals surface area contributed by atoms with Crippen molar-refractivity contribution in [3.63, 3.8) is 0 Å². The van der Waals surface area contributed by atoms with E-state index in [-0.39, 0.29) is 10.6 Å². The lowest BCUT2D eigenvalue weighted by atomic mass is 10.0. The number of imidazole rings is 1. The number of nitro benzene ring substituents is 1. The first-order valence-electron chi connectivity index (χ1n) is 4.85. The van der Waals surface area contributed by atoms with Crippen LogP contribution in [0, 0.1) is 24.0 Å². The first-order valence-corrected chi connectivity index (χ1v) is 4.85. The minimum atomic E-state index is -0.366. The number of rotatable bonds is 2. The number of H-pyrrole nitrogens is 1. The van der Waals surface area contributed by atoms with E-state index in [4.69, 9.17) is 0 Å². The van der Waals surface area contributed by atoms with Crippen LogP contribution < -0.4 is 0 Å². The number of hydrogen-bond donors (Lipinski definition) is 1. The highest BCUT2D eigenvalue weighted by molar-refractivity contribution is 5.63. The summed E-state index contributed by atoms with van der Waals surface area (Å²) in [4.78, 5) is 17.5. The van der Waals surface area contributed by atoms with Crippen LogP contribution in [0.1, 0.15) is 11.1 Å². The van der Waals surface area contributed by atoms with Gasteiger partial charge in [0.25, 0.3) is 5.69 Å². The molecule has 0 atom stereocenters. The van der Waals surface area contributed by atoms with Gasteiger partial charge in [0.2, 0.25) is 0 Å². The first kappa shape index (κ1) is 10.4.